The van der Waals surface area contributed by atoms with E-state index in [9.17, 15) is 5.11 Å². The van der Waals surface area contributed by atoms with Crippen LogP contribution in [0.15, 0.2) is 30.3 Å². The van der Waals surface area contributed by atoms with Gasteiger partial charge in [-0.05, 0) is 24.3 Å². The number of nitrogens with one attached hydrogen (secondary N) is 1. The normalized spacial score (nSPS) is 10.0. The van der Waals surface area contributed by atoms with Gasteiger partial charge in [0, 0.05) is 28.9 Å². The van der Waals surface area contributed by atoms with Crippen molar-refractivity contribution in [1.29, 1.82) is 5.26 Å². The number of nitrogens with zero attached hydrogens (tertiary/aromatic N) is 1. The molecule has 2 aromatic rings. The van der Waals surface area contributed by atoms with Crippen LogP contribution in [0.3, 0.4) is 0 Å². The molecule has 0 aliphatic carbocycles. The van der Waals surface area contributed by atoms with E-state index >= 15 is 0 Å². The highest BCUT2D eigenvalue weighted by Crippen LogP contribution is 2.34. The van der Waals surface area contributed by atoms with E-state index < -0.39 is 0 Å². The third-order valence-electron chi connectivity index (χ3n) is 2.91. The van der Waals surface area contributed by atoms with Gasteiger partial charge in [-0.25, -0.2) is 0 Å². The fraction of sp³-hybridized carbons (Fsp3) is 0.133. The van der Waals surface area contributed by atoms with Crippen molar-refractivity contribution in [3.63, 3.8) is 0 Å². The fourth-order valence-corrected chi connectivity index (χ4v) is 2.23. The Hall–Kier alpha value is -2.09. The number of aromatic hydroxyl groups is 1. The first-order valence-corrected chi connectivity index (χ1v) is 6.79. The number of ether oxygens (including phenoxy) is 1. The minimum absolute atomic E-state index is 0.0314. The highest BCUT2D eigenvalue weighted by atomic mass is 35.5. The van der Waals surface area contributed by atoms with Gasteiger partial charge in [0.25, 0.3) is 0 Å². The van der Waals surface area contributed by atoms with Gasteiger partial charge in [-0.3, -0.25) is 0 Å². The molecule has 0 fully saturated rings. The summed E-state index contributed by atoms with van der Waals surface area (Å²) in [6.07, 6.45) is 0. The molecule has 21 heavy (non-hydrogen) atoms. The number of hydrogen-bond acceptors (Lipinski definition) is 4. The summed E-state index contributed by atoms with van der Waals surface area (Å²) in [4.78, 5) is 0. The molecule has 0 spiro atoms. The zero-order valence-corrected chi connectivity index (χ0v) is 12.7. The maximum absolute atomic E-state index is 10.0. The first-order valence-electron chi connectivity index (χ1n) is 6.04. The van der Waals surface area contributed by atoms with Crippen molar-refractivity contribution in [3.8, 4) is 17.6 Å². The number of rotatable bonds is 4. The number of phenols is 1. The summed E-state index contributed by atoms with van der Waals surface area (Å²) in [6.45, 7) is 0.329. The number of methoxy groups -OCH3 is 1. The first kappa shape index (κ1) is 15.3. The van der Waals surface area contributed by atoms with Gasteiger partial charge in [0.2, 0.25) is 0 Å². The summed E-state index contributed by atoms with van der Waals surface area (Å²) in [7, 11) is 1.46. The lowest BCUT2D eigenvalue weighted by Gasteiger charge is -2.12. The smallest absolute Gasteiger partial charge is 0.162 e. The molecule has 0 aliphatic heterocycles. The van der Waals surface area contributed by atoms with Gasteiger partial charge in [0.05, 0.1) is 17.7 Å². The standard InChI is InChI=1S/C15H12Cl2N2O2/c1-21-14-6-11(16)4-10(15(14)20)8-19-12-2-3-13(17)9(5-12)7-18/h2-6,19-20H,8H2,1H3. The van der Waals surface area contributed by atoms with Crippen molar-refractivity contribution < 1.29 is 9.84 Å². The lowest BCUT2D eigenvalue weighted by molar-refractivity contribution is 0.371. The minimum atomic E-state index is 0.0314. The average molecular weight is 323 g/mol. The van der Waals surface area contributed by atoms with Crippen LogP contribution >= 0.6 is 23.2 Å². The van der Waals surface area contributed by atoms with Gasteiger partial charge in [0.15, 0.2) is 11.5 Å². The molecule has 2 rings (SSSR count). The molecular weight excluding hydrogens is 311 g/mol. The highest BCUT2D eigenvalue weighted by Gasteiger charge is 2.10. The second kappa shape index (κ2) is 6.57. The van der Waals surface area contributed by atoms with Gasteiger partial charge >= 0.3 is 0 Å². The van der Waals surface area contributed by atoms with E-state index in [4.69, 9.17) is 33.2 Å². The van der Waals surface area contributed by atoms with Crippen LogP contribution in [0.2, 0.25) is 10.0 Å². The first-order chi connectivity index (χ1) is 10.0. The van der Waals surface area contributed by atoms with Gasteiger partial charge in [-0.15, -0.1) is 0 Å². The van der Waals surface area contributed by atoms with Crippen LogP contribution in [-0.4, -0.2) is 12.2 Å². The van der Waals surface area contributed by atoms with E-state index in [0.717, 1.165) is 0 Å². The molecule has 0 saturated carbocycles. The van der Waals surface area contributed by atoms with Gasteiger partial charge in [-0.2, -0.15) is 5.26 Å². The summed E-state index contributed by atoms with van der Waals surface area (Å²) in [5, 5.41) is 22.9. The van der Waals surface area contributed by atoms with Gasteiger partial charge in [-0.1, -0.05) is 23.2 Å². The van der Waals surface area contributed by atoms with Crippen LogP contribution in [0.25, 0.3) is 0 Å². The summed E-state index contributed by atoms with van der Waals surface area (Å²) in [5.74, 6) is 0.344. The predicted molar refractivity (Wildman–Crippen MR) is 83.2 cm³/mol. The van der Waals surface area contributed by atoms with E-state index in [1.807, 2.05) is 6.07 Å². The SMILES string of the molecule is COc1cc(Cl)cc(CNc2ccc(Cl)c(C#N)c2)c1O. The Kier molecular flexibility index (Phi) is 4.79. The van der Waals surface area contributed by atoms with Crippen LogP contribution in [0.5, 0.6) is 11.5 Å². The van der Waals surface area contributed by atoms with Crippen LogP contribution in [-0.2, 0) is 6.54 Å². The van der Waals surface area contributed by atoms with Gasteiger partial charge < -0.3 is 15.2 Å². The minimum Gasteiger partial charge on any atom is -0.504 e. The van der Waals surface area contributed by atoms with Crippen molar-refractivity contribution in [2.45, 2.75) is 6.54 Å². The van der Waals surface area contributed by atoms with Crippen LogP contribution in [0.1, 0.15) is 11.1 Å². The second-order valence-electron chi connectivity index (χ2n) is 4.28. The third kappa shape index (κ3) is 3.52. The van der Waals surface area contributed by atoms with E-state index in [2.05, 4.69) is 5.32 Å². The largest absolute Gasteiger partial charge is 0.504 e. The molecule has 0 aliphatic rings. The molecule has 6 heteroatoms. The maximum atomic E-state index is 10.0. The average Bonchev–Trinajstić information content (AvgIpc) is 2.49. The topological polar surface area (TPSA) is 65.3 Å². The Morgan fingerprint density at radius 1 is 1.29 bits per heavy atom. The Morgan fingerprint density at radius 3 is 2.71 bits per heavy atom. The summed E-state index contributed by atoms with van der Waals surface area (Å²) in [5.41, 5.74) is 1.69. The zero-order chi connectivity index (χ0) is 15.4. The van der Waals surface area contributed by atoms with E-state index in [-0.39, 0.29) is 5.75 Å². The predicted octanol–water partition coefficient (Wildman–Crippen LogP) is 4.19. The van der Waals surface area contributed by atoms with Crippen molar-refractivity contribution in [2.75, 3.05) is 12.4 Å². The van der Waals surface area contributed by atoms with Crippen molar-refractivity contribution >= 4 is 28.9 Å². The monoisotopic (exact) mass is 322 g/mol. The molecule has 0 aromatic heterocycles. The Labute approximate surface area is 132 Å². The van der Waals surface area contributed by atoms with Crippen molar-refractivity contribution in [1.82, 2.24) is 0 Å². The second-order valence-corrected chi connectivity index (χ2v) is 5.12. The Balaban J connectivity index is 2.21. The van der Waals surface area contributed by atoms with Crippen LogP contribution in [0.4, 0.5) is 5.69 Å². The summed E-state index contributed by atoms with van der Waals surface area (Å²) < 4.78 is 5.05. The number of halogens is 2. The quantitative estimate of drug-likeness (QED) is 0.885. The maximum Gasteiger partial charge on any atom is 0.162 e. The number of nitriles is 1. The fourth-order valence-electron chi connectivity index (χ4n) is 1.84. The summed E-state index contributed by atoms with van der Waals surface area (Å²) >= 11 is 11.8. The van der Waals surface area contributed by atoms with Crippen LogP contribution < -0.4 is 10.1 Å². The molecular formula is C15H12Cl2N2O2. The molecule has 2 N–H and O–H groups in total. The number of phenolic OH excluding ortho intramolecular Hbond substituents is 1. The lowest BCUT2D eigenvalue weighted by atomic mass is 10.1. The number of anilines is 1. The van der Waals surface area contributed by atoms with Crippen molar-refractivity contribution in [3.05, 3.63) is 51.5 Å². The van der Waals surface area contributed by atoms with E-state index in [1.54, 1.807) is 24.3 Å². The van der Waals surface area contributed by atoms with E-state index in [1.165, 1.54) is 13.2 Å². The highest BCUT2D eigenvalue weighted by molar-refractivity contribution is 6.31. The third-order valence-corrected chi connectivity index (χ3v) is 3.46. The molecule has 0 radical (unpaired) electrons. The molecule has 0 saturated heterocycles. The molecule has 0 heterocycles. The number of hydrogen-bond donors (Lipinski definition) is 2. The van der Waals surface area contributed by atoms with Crippen molar-refractivity contribution in [2.24, 2.45) is 0 Å². The lowest BCUT2D eigenvalue weighted by Crippen LogP contribution is -2.01. The van der Waals surface area contributed by atoms with Gasteiger partial charge in [0.1, 0.15) is 6.07 Å². The molecule has 0 unspecified atom stereocenters. The molecule has 4 nitrogen and oxygen atoms in total. The number of benzene rings is 2. The van der Waals surface area contributed by atoms with E-state index in [0.29, 0.717) is 39.2 Å². The zero-order valence-electron chi connectivity index (χ0n) is 11.2. The summed E-state index contributed by atoms with van der Waals surface area (Å²) in [6, 6.07) is 10.2. The Morgan fingerprint density at radius 2 is 2.05 bits per heavy atom. The molecule has 0 atom stereocenters. The van der Waals surface area contributed by atoms with Crippen LogP contribution in [0, 0.1) is 11.3 Å². The molecule has 2 aromatic carbocycles. The molecule has 108 valence electrons. The molecule has 0 amide bonds. The molecule has 0 bridgehead atoms. The Bertz CT molecular complexity index is 712.